The van der Waals surface area contributed by atoms with Crippen molar-refractivity contribution in [2.24, 2.45) is 0 Å². The lowest BCUT2D eigenvalue weighted by Crippen LogP contribution is -2.47. The van der Waals surface area contributed by atoms with Crippen molar-refractivity contribution in [3.8, 4) is 0 Å². The zero-order valence-corrected chi connectivity index (χ0v) is 12.5. The Hall–Kier alpha value is -1.39. The zero-order valence-electron chi connectivity index (χ0n) is 12.5. The average Bonchev–Trinajstić information content (AvgIpc) is 2.57. The van der Waals surface area contributed by atoms with E-state index in [4.69, 9.17) is 4.74 Å². The molecule has 1 aliphatic carbocycles. The van der Waals surface area contributed by atoms with Gasteiger partial charge in [-0.15, -0.1) is 0 Å². The predicted octanol–water partition coefficient (Wildman–Crippen LogP) is 2.06. The van der Waals surface area contributed by atoms with Crippen LogP contribution in [0.15, 0.2) is 30.3 Å². The molecule has 1 amide bonds. The lowest BCUT2D eigenvalue weighted by molar-refractivity contribution is 0.00665. The van der Waals surface area contributed by atoms with Crippen LogP contribution in [0.25, 0.3) is 0 Å². The third kappa shape index (κ3) is 3.83. The minimum absolute atomic E-state index is 0.0606. The summed E-state index contributed by atoms with van der Waals surface area (Å²) in [6.07, 6.45) is 4.53. The van der Waals surface area contributed by atoms with Gasteiger partial charge in [0.05, 0.1) is 13.2 Å². The van der Waals surface area contributed by atoms with Crippen LogP contribution in [-0.4, -0.2) is 49.2 Å². The number of morpholine rings is 1. The number of hydrogen-bond donors (Lipinski definition) is 1. The number of amides is 1. The standard InChI is InChI=1S/C17H24N2O2/c20-17(14-4-2-1-3-5-14)18-15-6-8-16(9-7-15)19-10-12-21-13-11-19/h1-5,15-16H,6-13H2,(H,18,20). The molecule has 0 radical (unpaired) electrons. The first kappa shape index (κ1) is 14.5. The van der Waals surface area contributed by atoms with E-state index < -0.39 is 0 Å². The third-order valence-electron chi connectivity index (χ3n) is 4.63. The molecule has 4 nitrogen and oxygen atoms in total. The maximum absolute atomic E-state index is 12.2. The molecule has 0 bridgehead atoms. The van der Waals surface area contributed by atoms with Crippen LogP contribution < -0.4 is 5.32 Å². The molecular formula is C17H24N2O2. The van der Waals surface area contributed by atoms with Gasteiger partial charge in [-0.1, -0.05) is 18.2 Å². The van der Waals surface area contributed by atoms with Gasteiger partial charge in [-0.25, -0.2) is 0 Å². The summed E-state index contributed by atoms with van der Waals surface area (Å²) in [6, 6.07) is 10.5. The van der Waals surface area contributed by atoms with Gasteiger partial charge in [-0.3, -0.25) is 9.69 Å². The van der Waals surface area contributed by atoms with Crippen LogP contribution in [0.3, 0.4) is 0 Å². The van der Waals surface area contributed by atoms with E-state index in [0.717, 1.165) is 44.7 Å². The van der Waals surface area contributed by atoms with Crippen LogP contribution in [0, 0.1) is 0 Å². The largest absolute Gasteiger partial charge is 0.379 e. The van der Waals surface area contributed by atoms with Crippen molar-refractivity contribution in [2.45, 2.75) is 37.8 Å². The molecule has 1 aromatic rings. The Balaban J connectivity index is 1.46. The molecule has 0 spiro atoms. The molecule has 114 valence electrons. The normalized spacial score (nSPS) is 27.2. The van der Waals surface area contributed by atoms with Gasteiger partial charge in [0.15, 0.2) is 0 Å². The van der Waals surface area contributed by atoms with Gasteiger partial charge >= 0.3 is 0 Å². The fraction of sp³-hybridized carbons (Fsp3) is 0.588. The fourth-order valence-corrected chi connectivity index (χ4v) is 3.39. The first-order valence-corrected chi connectivity index (χ1v) is 8.00. The second kappa shape index (κ2) is 7.05. The molecule has 0 atom stereocenters. The molecule has 4 heteroatoms. The van der Waals surface area contributed by atoms with Crippen molar-refractivity contribution < 1.29 is 9.53 Å². The summed E-state index contributed by atoms with van der Waals surface area (Å²) >= 11 is 0. The van der Waals surface area contributed by atoms with Crippen LogP contribution in [0.1, 0.15) is 36.0 Å². The Morgan fingerprint density at radius 1 is 1.05 bits per heavy atom. The molecule has 1 aromatic carbocycles. The highest BCUT2D eigenvalue weighted by Crippen LogP contribution is 2.24. The molecule has 0 aromatic heterocycles. The number of carbonyl (C=O) groups excluding carboxylic acids is 1. The van der Waals surface area contributed by atoms with Gasteiger partial charge in [-0.05, 0) is 37.8 Å². The molecule has 21 heavy (non-hydrogen) atoms. The van der Waals surface area contributed by atoms with Crippen LogP contribution in [0.4, 0.5) is 0 Å². The molecular weight excluding hydrogens is 264 g/mol. The first-order chi connectivity index (χ1) is 10.3. The summed E-state index contributed by atoms with van der Waals surface area (Å²) in [4.78, 5) is 14.7. The van der Waals surface area contributed by atoms with Crippen LogP contribution in [0.2, 0.25) is 0 Å². The van der Waals surface area contributed by atoms with E-state index in [1.807, 2.05) is 30.3 Å². The topological polar surface area (TPSA) is 41.6 Å². The molecule has 1 N–H and O–H groups in total. The minimum atomic E-state index is 0.0606. The Morgan fingerprint density at radius 3 is 2.38 bits per heavy atom. The van der Waals surface area contributed by atoms with Crippen LogP contribution in [-0.2, 0) is 4.74 Å². The van der Waals surface area contributed by atoms with E-state index in [-0.39, 0.29) is 5.91 Å². The summed E-state index contributed by atoms with van der Waals surface area (Å²) < 4.78 is 5.41. The van der Waals surface area contributed by atoms with Gasteiger partial charge in [0.2, 0.25) is 0 Å². The molecule has 1 heterocycles. The highest BCUT2D eigenvalue weighted by molar-refractivity contribution is 5.94. The summed E-state index contributed by atoms with van der Waals surface area (Å²) in [5.74, 6) is 0.0606. The summed E-state index contributed by atoms with van der Waals surface area (Å²) in [5, 5.41) is 3.18. The summed E-state index contributed by atoms with van der Waals surface area (Å²) in [7, 11) is 0. The number of rotatable bonds is 3. The maximum atomic E-state index is 12.2. The molecule has 0 unspecified atom stereocenters. The fourth-order valence-electron chi connectivity index (χ4n) is 3.39. The molecule has 3 rings (SSSR count). The van der Waals surface area contributed by atoms with E-state index in [1.165, 1.54) is 12.8 Å². The molecule has 1 saturated carbocycles. The molecule has 2 fully saturated rings. The highest BCUT2D eigenvalue weighted by atomic mass is 16.5. The van der Waals surface area contributed by atoms with Crippen LogP contribution >= 0.6 is 0 Å². The Bertz CT molecular complexity index is 449. The Labute approximate surface area is 126 Å². The second-order valence-corrected chi connectivity index (χ2v) is 5.99. The number of hydrogen-bond acceptors (Lipinski definition) is 3. The van der Waals surface area contributed by atoms with Gasteiger partial charge in [0.1, 0.15) is 0 Å². The minimum Gasteiger partial charge on any atom is -0.379 e. The van der Waals surface area contributed by atoms with Crippen molar-refractivity contribution in [2.75, 3.05) is 26.3 Å². The highest BCUT2D eigenvalue weighted by Gasteiger charge is 2.27. The number of benzene rings is 1. The van der Waals surface area contributed by atoms with E-state index in [2.05, 4.69) is 10.2 Å². The van der Waals surface area contributed by atoms with Gasteiger partial charge in [0.25, 0.3) is 5.91 Å². The Kier molecular flexibility index (Phi) is 4.88. The van der Waals surface area contributed by atoms with E-state index in [9.17, 15) is 4.79 Å². The average molecular weight is 288 g/mol. The Morgan fingerprint density at radius 2 is 1.71 bits per heavy atom. The number of carbonyl (C=O) groups is 1. The molecule has 2 aliphatic rings. The number of ether oxygens (including phenoxy) is 1. The maximum Gasteiger partial charge on any atom is 0.251 e. The second-order valence-electron chi connectivity index (χ2n) is 5.99. The van der Waals surface area contributed by atoms with Gasteiger partial charge in [-0.2, -0.15) is 0 Å². The molecule has 1 aliphatic heterocycles. The van der Waals surface area contributed by atoms with Gasteiger partial charge in [0, 0.05) is 30.7 Å². The zero-order chi connectivity index (χ0) is 14.5. The smallest absolute Gasteiger partial charge is 0.251 e. The molecule has 1 saturated heterocycles. The van der Waals surface area contributed by atoms with Crippen molar-refractivity contribution in [3.63, 3.8) is 0 Å². The van der Waals surface area contributed by atoms with Crippen molar-refractivity contribution in [1.82, 2.24) is 10.2 Å². The van der Waals surface area contributed by atoms with E-state index in [1.54, 1.807) is 0 Å². The number of nitrogens with one attached hydrogen (secondary N) is 1. The predicted molar refractivity (Wildman–Crippen MR) is 82.3 cm³/mol. The quantitative estimate of drug-likeness (QED) is 0.925. The van der Waals surface area contributed by atoms with Crippen molar-refractivity contribution >= 4 is 5.91 Å². The third-order valence-corrected chi connectivity index (χ3v) is 4.63. The summed E-state index contributed by atoms with van der Waals surface area (Å²) in [6.45, 7) is 3.85. The monoisotopic (exact) mass is 288 g/mol. The van der Waals surface area contributed by atoms with E-state index in [0.29, 0.717) is 12.1 Å². The number of nitrogens with zero attached hydrogens (tertiary/aromatic N) is 1. The lowest BCUT2D eigenvalue weighted by atomic mass is 9.89. The van der Waals surface area contributed by atoms with Crippen molar-refractivity contribution in [1.29, 1.82) is 0 Å². The summed E-state index contributed by atoms with van der Waals surface area (Å²) in [5.41, 5.74) is 0.757. The van der Waals surface area contributed by atoms with E-state index >= 15 is 0 Å². The first-order valence-electron chi connectivity index (χ1n) is 8.00. The van der Waals surface area contributed by atoms with Gasteiger partial charge < -0.3 is 10.1 Å². The van der Waals surface area contributed by atoms with Crippen LogP contribution in [0.5, 0.6) is 0 Å². The SMILES string of the molecule is O=C(NC1CCC(N2CCOCC2)CC1)c1ccccc1. The lowest BCUT2D eigenvalue weighted by Gasteiger charge is -2.38. The van der Waals surface area contributed by atoms with Crippen molar-refractivity contribution in [3.05, 3.63) is 35.9 Å².